The van der Waals surface area contributed by atoms with Gasteiger partial charge in [-0.3, -0.25) is 14.5 Å². The number of anilines is 1. The first-order valence-corrected chi connectivity index (χ1v) is 12.7. The fourth-order valence-electron chi connectivity index (χ4n) is 4.12. The molecule has 0 radical (unpaired) electrons. The van der Waals surface area contributed by atoms with Crippen molar-refractivity contribution in [1.82, 2.24) is 15.1 Å². The van der Waals surface area contributed by atoms with Crippen LogP contribution in [-0.4, -0.2) is 73.3 Å². The first kappa shape index (κ1) is 26.2. The van der Waals surface area contributed by atoms with E-state index in [1.807, 2.05) is 38.1 Å². The van der Waals surface area contributed by atoms with Crippen molar-refractivity contribution in [3.05, 3.63) is 64.7 Å². The van der Waals surface area contributed by atoms with E-state index in [-0.39, 0.29) is 17.7 Å². The topological polar surface area (TPSA) is 64.7 Å². The summed E-state index contributed by atoms with van der Waals surface area (Å²) in [4.78, 5) is 29.2. The summed E-state index contributed by atoms with van der Waals surface area (Å²) in [6.45, 7) is 10.5. The van der Waals surface area contributed by atoms with Crippen molar-refractivity contribution >= 4 is 29.0 Å². The second-order valence-electron chi connectivity index (χ2n) is 9.24. The van der Waals surface area contributed by atoms with Crippen LogP contribution in [0.15, 0.2) is 48.5 Å². The highest BCUT2D eigenvalue weighted by Crippen LogP contribution is 2.16. The van der Waals surface area contributed by atoms with Gasteiger partial charge in [0.15, 0.2) is 5.78 Å². The number of ketones is 1. The van der Waals surface area contributed by atoms with Crippen LogP contribution < -0.4 is 10.6 Å². The van der Waals surface area contributed by atoms with Gasteiger partial charge in [0.2, 0.25) is 5.91 Å². The van der Waals surface area contributed by atoms with Crippen LogP contribution in [-0.2, 0) is 4.79 Å². The molecule has 1 amide bonds. The molecule has 2 N–H and O–H groups in total. The predicted octanol–water partition coefficient (Wildman–Crippen LogP) is 4.30. The molecular formula is C27H37ClN4O2. The largest absolute Gasteiger partial charge is 0.385 e. The van der Waals surface area contributed by atoms with Crippen molar-refractivity contribution in [2.24, 2.45) is 0 Å². The number of piperazine rings is 1. The fourth-order valence-corrected chi connectivity index (χ4v) is 4.25. The van der Waals surface area contributed by atoms with E-state index >= 15 is 0 Å². The molecule has 6 nitrogen and oxygen atoms in total. The molecule has 34 heavy (non-hydrogen) atoms. The monoisotopic (exact) mass is 484 g/mol. The van der Waals surface area contributed by atoms with Gasteiger partial charge in [0.1, 0.15) is 0 Å². The number of carbonyl (C=O) groups is 2. The van der Waals surface area contributed by atoms with Gasteiger partial charge in [0.25, 0.3) is 0 Å². The second-order valence-corrected chi connectivity index (χ2v) is 9.68. The number of rotatable bonds is 12. The lowest BCUT2D eigenvalue weighted by atomic mass is 10.0. The normalized spacial score (nSPS) is 14.8. The van der Waals surface area contributed by atoms with Gasteiger partial charge in [-0.15, -0.1) is 0 Å². The molecule has 1 aliphatic rings. The van der Waals surface area contributed by atoms with E-state index in [1.165, 1.54) is 12.8 Å². The Balaban J connectivity index is 1.26. The molecule has 1 fully saturated rings. The number of amides is 1. The van der Waals surface area contributed by atoms with E-state index in [1.54, 1.807) is 24.3 Å². The molecular weight excluding hydrogens is 448 g/mol. The number of benzene rings is 2. The zero-order chi connectivity index (χ0) is 24.3. The maximum absolute atomic E-state index is 12.5. The molecule has 0 unspecified atom stereocenters. The molecule has 0 saturated carbocycles. The van der Waals surface area contributed by atoms with Gasteiger partial charge in [-0.25, -0.2) is 0 Å². The second kappa shape index (κ2) is 13.5. The number of halogens is 1. The highest BCUT2D eigenvalue weighted by Gasteiger charge is 2.18. The fraction of sp³-hybridized carbons (Fsp3) is 0.481. The Hall–Kier alpha value is -2.41. The van der Waals surface area contributed by atoms with Gasteiger partial charge in [-0.05, 0) is 81.8 Å². The van der Waals surface area contributed by atoms with Gasteiger partial charge in [-0.1, -0.05) is 18.0 Å². The lowest BCUT2D eigenvalue weighted by Crippen LogP contribution is -2.50. The van der Waals surface area contributed by atoms with E-state index in [2.05, 4.69) is 20.4 Å². The molecule has 0 bridgehead atoms. The summed E-state index contributed by atoms with van der Waals surface area (Å²) in [6.07, 6.45) is 3.47. The van der Waals surface area contributed by atoms with Gasteiger partial charge in [0.05, 0.1) is 6.54 Å². The average molecular weight is 485 g/mol. The quantitative estimate of drug-likeness (QED) is 0.347. The Labute approximate surface area is 208 Å². The van der Waals surface area contributed by atoms with E-state index in [0.29, 0.717) is 22.7 Å². The SMILES string of the molecule is CC(C)NC(=O)CN1CCN(CCCCCNc2ccc(C(=O)c3ccc(Cl)cc3)cc2)CC1. The van der Waals surface area contributed by atoms with Crippen LogP contribution in [0.5, 0.6) is 0 Å². The Bertz CT molecular complexity index is 907. The molecule has 2 aromatic carbocycles. The predicted molar refractivity (Wildman–Crippen MR) is 140 cm³/mol. The molecule has 1 heterocycles. The van der Waals surface area contributed by atoms with Crippen LogP contribution in [0.2, 0.25) is 5.02 Å². The standard InChI is InChI=1S/C27H37ClN4O2/c1-21(2)30-26(33)20-32-18-16-31(17-19-32)15-5-3-4-14-29-25-12-8-23(9-13-25)27(34)22-6-10-24(28)11-7-22/h6-13,21,29H,3-5,14-20H2,1-2H3,(H,30,33). The van der Waals surface area contributed by atoms with Crippen LogP contribution in [0.4, 0.5) is 5.69 Å². The third-order valence-corrected chi connectivity index (χ3v) is 6.27. The summed E-state index contributed by atoms with van der Waals surface area (Å²) in [7, 11) is 0. The van der Waals surface area contributed by atoms with E-state index in [0.717, 1.165) is 51.4 Å². The van der Waals surface area contributed by atoms with Crippen LogP contribution in [0.1, 0.15) is 49.0 Å². The Morgan fingerprint density at radius 1 is 0.853 bits per heavy atom. The Kier molecular flexibility index (Phi) is 10.4. The van der Waals surface area contributed by atoms with Crippen molar-refractivity contribution in [1.29, 1.82) is 0 Å². The molecule has 0 spiro atoms. The average Bonchev–Trinajstić information content (AvgIpc) is 2.82. The van der Waals surface area contributed by atoms with E-state index in [9.17, 15) is 9.59 Å². The number of hydrogen-bond acceptors (Lipinski definition) is 5. The third-order valence-electron chi connectivity index (χ3n) is 6.02. The van der Waals surface area contributed by atoms with E-state index < -0.39 is 0 Å². The zero-order valence-corrected chi connectivity index (χ0v) is 21.1. The minimum absolute atomic E-state index is 0.00266. The summed E-state index contributed by atoms with van der Waals surface area (Å²) in [5, 5.41) is 7.04. The summed E-state index contributed by atoms with van der Waals surface area (Å²) in [5.41, 5.74) is 2.35. The molecule has 1 saturated heterocycles. The molecule has 1 aliphatic heterocycles. The maximum atomic E-state index is 12.5. The zero-order valence-electron chi connectivity index (χ0n) is 20.4. The lowest BCUT2D eigenvalue weighted by Gasteiger charge is -2.34. The van der Waals surface area contributed by atoms with Crippen LogP contribution in [0, 0.1) is 0 Å². The summed E-state index contributed by atoms with van der Waals surface area (Å²) >= 11 is 5.90. The Morgan fingerprint density at radius 2 is 1.44 bits per heavy atom. The minimum Gasteiger partial charge on any atom is -0.385 e. The smallest absolute Gasteiger partial charge is 0.234 e. The molecule has 0 atom stereocenters. The van der Waals surface area contributed by atoms with Crippen LogP contribution in [0.3, 0.4) is 0 Å². The highest BCUT2D eigenvalue weighted by molar-refractivity contribution is 6.30. The van der Waals surface area contributed by atoms with Crippen molar-refractivity contribution in [2.75, 3.05) is 51.1 Å². The van der Waals surface area contributed by atoms with Gasteiger partial charge < -0.3 is 15.5 Å². The van der Waals surface area contributed by atoms with Crippen LogP contribution in [0.25, 0.3) is 0 Å². The van der Waals surface area contributed by atoms with E-state index in [4.69, 9.17) is 11.6 Å². The summed E-state index contributed by atoms with van der Waals surface area (Å²) < 4.78 is 0. The number of unbranched alkanes of at least 4 members (excludes halogenated alkanes) is 2. The van der Waals surface area contributed by atoms with Crippen molar-refractivity contribution in [2.45, 2.75) is 39.2 Å². The van der Waals surface area contributed by atoms with Crippen molar-refractivity contribution < 1.29 is 9.59 Å². The molecule has 7 heteroatoms. The Morgan fingerprint density at radius 3 is 2.06 bits per heavy atom. The minimum atomic E-state index is 0.00266. The lowest BCUT2D eigenvalue weighted by molar-refractivity contribution is -0.123. The maximum Gasteiger partial charge on any atom is 0.234 e. The molecule has 184 valence electrons. The van der Waals surface area contributed by atoms with Crippen molar-refractivity contribution in [3.8, 4) is 0 Å². The molecule has 3 rings (SSSR count). The summed E-state index contributed by atoms with van der Waals surface area (Å²) in [6, 6.07) is 14.8. The van der Waals surface area contributed by atoms with Crippen molar-refractivity contribution in [3.63, 3.8) is 0 Å². The van der Waals surface area contributed by atoms with Gasteiger partial charge in [-0.2, -0.15) is 0 Å². The number of hydrogen-bond donors (Lipinski definition) is 2. The molecule has 0 aromatic heterocycles. The molecule has 2 aromatic rings. The van der Waals surface area contributed by atoms with Crippen LogP contribution >= 0.6 is 11.6 Å². The number of nitrogens with zero attached hydrogens (tertiary/aromatic N) is 2. The van der Waals surface area contributed by atoms with Gasteiger partial charge in [0, 0.05) is 60.6 Å². The molecule has 0 aliphatic carbocycles. The third kappa shape index (κ3) is 8.75. The summed E-state index contributed by atoms with van der Waals surface area (Å²) in [5.74, 6) is 0.126. The first-order valence-electron chi connectivity index (χ1n) is 12.3. The first-order chi connectivity index (χ1) is 16.4. The van der Waals surface area contributed by atoms with Gasteiger partial charge >= 0.3 is 0 Å². The number of carbonyl (C=O) groups excluding carboxylic acids is 2. The highest BCUT2D eigenvalue weighted by atomic mass is 35.5. The number of nitrogens with one attached hydrogen (secondary N) is 2.